The molecule has 3 rings (SSSR count). The molecule has 0 atom stereocenters. The van der Waals surface area contributed by atoms with Crippen LogP contribution < -0.4 is 5.73 Å². The van der Waals surface area contributed by atoms with Gasteiger partial charge in [-0.1, -0.05) is 30.3 Å². The van der Waals surface area contributed by atoms with E-state index in [1.54, 1.807) is 0 Å². The lowest BCUT2D eigenvalue weighted by Gasteiger charge is -2.08. The van der Waals surface area contributed by atoms with Crippen molar-refractivity contribution in [2.24, 2.45) is 0 Å². The summed E-state index contributed by atoms with van der Waals surface area (Å²) in [6.45, 7) is 0. The van der Waals surface area contributed by atoms with Crippen molar-refractivity contribution in [2.45, 2.75) is 5.16 Å². The van der Waals surface area contributed by atoms with Crippen molar-refractivity contribution < 1.29 is 0 Å². The van der Waals surface area contributed by atoms with E-state index in [1.165, 1.54) is 0 Å². The number of rotatable bonds is 2. The Morgan fingerprint density at radius 3 is 2.47 bits per heavy atom. The molecule has 1 aromatic heterocycles. The lowest BCUT2D eigenvalue weighted by atomic mass is 10.2. The number of nitrogen functional groups attached to an aromatic ring is 1. The van der Waals surface area contributed by atoms with E-state index < -0.39 is 0 Å². The molecule has 2 aromatic carbocycles. The van der Waals surface area contributed by atoms with E-state index >= 15 is 0 Å². The molecule has 2 N–H and O–H groups in total. The predicted octanol–water partition coefficient (Wildman–Crippen LogP) is 2.81. The number of nitrogens with two attached hydrogens (primary N) is 1. The molecule has 4 nitrogen and oxygen atoms in total. The van der Waals surface area contributed by atoms with Gasteiger partial charge in [0.05, 0.1) is 0 Å². The van der Waals surface area contributed by atoms with Gasteiger partial charge >= 0.3 is 0 Å². The first-order valence-electron chi connectivity index (χ1n) is 5.81. The third kappa shape index (κ3) is 2.20. The standard InChI is InChI=1S/C14H12N4S/c15-11-6-4-5-10(9-11)13-16-17-14(19)18(13)12-7-2-1-3-8-12/h1-9H,15H2,(H,17,19). The van der Waals surface area contributed by atoms with Gasteiger partial charge in [-0.05, 0) is 24.3 Å². The summed E-state index contributed by atoms with van der Waals surface area (Å²) in [4.78, 5) is 0. The third-order valence-electron chi connectivity index (χ3n) is 2.81. The van der Waals surface area contributed by atoms with Crippen molar-refractivity contribution in [2.75, 3.05) is 5.73 Å². The average molecular weight is 268 g/mol. The molecule has 0 fully saturated rings. The van der Waals surface area contributed by atoms with Gasteiger partial charge in [0.15, 0.2) is 11.0 Å². The second-order valence-electron chi connectivity index (χ2n) is 4.12. The van der Waals surface area contributed by atoms with Crippen molar-refractivity contribution >= 4 is 18.3 Å². The monoisotopic (exact) mass is 268 g/mol. The zero-order valence-electron chi connectivity index (χ0n) is 10.1. The summed E-state index contributed by atoms with van der Waals surface area (Å²) in [5.41, 5.74) is 8.39. The van der Waals surface area contributed by atoms with Crippen LogP contribution in [0.15, 0.2) is 59.8 Å². The molecule has 0 amide bonds. The summed E-state index contributed by atoms with van der Waals surface area (Å²) >= 11 is 4.36. The first-order valence-corrected chi connectivity index (χ1v) is 6.26. The van der Waals surface area contributed by atoms with Crippen molar-refractivity contribution in [3.63, 3.8) is 0 Å². The molecule has 0 radical (unpaired) electrons. The van der Waals surface area contributed by atoms with Crippen LogP contribution in [0, 0.1) is 0 Å². The van der Waals surface area contributed by atoms with Crippen molar-refractivity contribution in [1.82, 2.24) is 14.8 Å². The Kier molecular flexibility index (Phi) is 2.97. The molecule has 0 spiro atoms. The molecule has 94 valence electrons. The minimum atomic E-state index is 0.545. The van der Waals surface area contributed by atoms with Gasteiger partial charge in [-0.25, -0.2) is 0 Å². The summed E-state index contributed by atoms with van der Waals surface area (Å²) < 4.78 is 1.89. The largest absolute Gasteiger partial charge is 0.399 e. The molecule has 3 aromatic rings. The van der Waals surface area contributed by atoms with Gasteiger partial charge in [-0.15, -0.1) is 22.8 Å². The minimum absolute atomic E-state index is 0.545. The molecule has 5 heteroatoms. The maximum Gasteiger partial charge on any atom is 0.193 e. The first kappa shape index (κ1) is 11.8. The number of hydrogen-bond donors (Lipinski definition) is 2. The zero-order valence-corrected chi connectivity index (χ0v) is 11.0. The molecule has 1 heterocycles. The smallest absolute Gasteiger partial charge is 0.193 e. The van der Waals surface area contributed by atoms with Gasteiger partial charge in [0.1, 0.15) is 0 Å². The van der Waals surface area contributed by atoms with Crippen LogP contribution in [0.25, 0.3) is 17.1 Å². The number of thiol groups is 1. The molecular weight excluding hydrogens is 256 g/mol. The third-order valence-corrected chi connectivity index (χ3v) is 3.09. The van der Waals surface area contributed by atoms with Gasteiger partial charge in [0, 0.05) is 16.9 Å². The Hall–Kier alpha value is -2.27. The highest BCUT2D eigenvalue weighted by Crippen LogP contribution is 2.25. The number of anilines is 1. The molecule has 0 saturated heterocycles. The molecule has 0 saturated carbocycles. The summed E-state index contributed by atoms with van der Waals surface area (Å²) in [6.07, 6.45) is 0. The van der Waals surface area contributed by atoms with Crippen molar-refractivity contribution in [1.29, 1.82) is 0 Å². The van der Waals surface area contributed by atoms with Gasteiger partial charge < -0.3 is 5.73 Å². The Balaban J connectivity index is 2.19. The van der Waals surface area contributed by atoms with Crippen LogP contribution in [0.4, 0.5) is 5.69 Å². The van der Waals surface area contributed by atoms with E-state index in [0.717, 1.165) is 17.1 Å². The van der Waals surface area contributed by atoms with Gasteiger partial charge in [-0.2, -0.15) is 0 Å². The minimum Gasteiger partial charge on any atom is -0.399 e. The van der Waals surface area contributed by atoms with Crippen LogP contribution in [-0.2, 0) is 0 Å². The number of aromatic nitrogens is 3. The van der Waals surface area contributed by atoms with Crippen LogP contribution in [0.2, 0.25) is 0 Å². The highest BCUT2D eigenvalue weighted by atomic mass is 32.1. The summed E-state index contributed by atoms with van der Waals surface area (Å²) in [5.74, 6) is 0.725. The van der Waals surface area contributed by atoms with E-state index in [4.69, 9.17) is 5.73 Å². The Morgan fingerprint density at radius 1 is 0.947 bits per heavy atom. The fourth-order valence-corrected chi connectivity index (χ4v) is 2.21. The number of nitrogens with zero attached hydrogens (tertiary/aromatic N) is 3. The second-order valence-corrected chi connectivity index (χ2v) is 4.52. The lowest BCUT2D eigenvalue weighted by Crippen LogP contribution is -1.98. The van der Waals surface area contributed by atoms with E-state index in [9.17, 15) is 0 Å². The van der Waals surface area contributed by atoms with Crippen molar-refractivity contribution in [3.8, 4) is 17.1 Å². The molecule has 0 bridgehead atoms. The molecule has 0 aliphatic rings. The maximum atomic E-state index is 5.81. The molecule has 0 aliphatic heterocycles. The quantitative estimate of drug-likeness (QED) is 0.555. The molecule has 0 unspecified atom stereocenters. The van der Waals surface area contributed by atoms with Gasteiger partial charge in [0.25, 0.3) is 0 Å². The Morgan fingerprint density at radius 2 is 1.74 bits per heavy atom. The normalized spacial score (nSPS) is 10.6. The summed E-state index contributed by atoms with van der Waals surface area (Å²) in [5, 5.41) is 8.76. The summed E-state index contributed by atoms with van der Waals surface area (Å²) in [7, 11) is 0. The topological polar surface area (TPSA) is 56.7 Å². The Bertz CT molecular complexity index is 706. The van der Waals surface area contributed by atoms with Gasteiger partial charge in [0.2, 0.25) is 0 Å². The highest BCUT2D eigenvalue weighted by Gasteiger charge is 2.13. The summed E-state index contributed by atoms with van der Waals surface area (Å²) in [6, 6.07) is 17.4. The fraction of sp³-hybridized carbons (Fsp3) is 0. The number of benzene rings is 2. The van der Waals surface area contributed by atoms with Crippen molar-refractivity contribution in [3.05, 3.63) is 54.6 Å². The second kappa shape index (κ2) is 4.78. The van der Waals surface area contributed by atoms with E-state index in [1.807, 2.05) is 59.2 Å². The van der Waals surface area contributed by atoms with Crippen LogP contribution >= 0.6 is 12.6 Å². The maximum absolute atomic E-state index is 5.81. The molecule has 0 aliphatic carbocycles. The van der Waals surface area contributed by atoms with Crippen LogP contribution in [0.3, 0.4) is 0 Å². The zero-order chi connectivity index (χ0) is 13.2. The number of para-hydroxylation sites is 1. The SMILES string of the molecule is Nc1cccc(-c2nnc(S)n2-c2ccccc2)c1. The first-order chi connectivity index (χ1) is 9.25. The Labute approximate surface area is 116 Å². The lowest BCUT2D eigenvalue weighted by molar-refractivity contribution is 0.892. The van der Waals surface area contributed by atoms with Gasteiger partial charge in [-0.3, -0.25) is 4.57 Å². The highest BCUT2D eigenvalue weighted by molar-refractivity contribution is 7.80. The average Bonchev–Trinajstić information content (AvgIpc) is 2.82. The molecular formula is C14H12N4S. The number of hydrogen-bond acceptors (Lipinski definition) is 4. The predicted molar refractivity (Wildman–Crippen MR) is 78.5 cm³/mol. The fourth-order valence-electron chi connectivity index (χ4n) is 1.96. The molecule has 19 heavy (non-hydrogen) atoms. The van der Waals surface area contributed by atoms with Crippen LogP contribution in [0.5, 0.6) is 0 Å². The van der Waals surface area contributed by atoms with Crippen LogP contribution in [0.1, 0.15) is 0 Å². The van der Waals surface area contributed by atoms with E-state index in [0.29, 0.717) is 10.8 Å². The van der Waals surface area contributed by atoms with E-state index in [-0.39, 0.29) is 0 Å². The van der Waals surface area contributed by atoms with Crippen LogP contribution in [-0.4, -0.2) is 14.8 Å². The van der Waals surface area contributed by atoms with E-state index in [2.05, 4.69) is 22.8 Å².